The lowest BCUT2D eigenvalue weighted by Crippen LogP contribution is -2.39. The van der Waals surface area contributed by atoms with Crippen LogP contribution in [0.4, 0.5) is 11.5 Å². The molecule has 0 bridgehead atoms. The third-order valence-electron chi connectivity index (χ3n) is 3.53. The Morgan fingerprint density at radius 2 is 2.18 bits per heavy atom. The van der Waals surface area contributed by atoms with Crippen LogP contribution >= 0.6 is 15.9 Å². The zero-order chi connectivity index (χ0) is 12.5. The number of pyridine rings is 1. The van der Waals surface area contributed by atoms with Crippen molar-refractivity contribution in [3.8, 4) is 0 Å². The Morgan fingerprint density at radius 3 is 2.82 bits per heavy atom. The normalized spacial score (nSPS) is 17.7. The van der Waals surface area contributed by atoms with Gasteiger partial charge >= 0.3 is 0 Å². The first kappa shape index (κ1) is 12.4. The van der Waals surface area contributed by atoms with Gasteiger partial charge in [0, 0.05) is 17.2 Å². The molecule has 0 fully saturated rings. The lowest BCUT2D eigenvalue weighted by molar-refractivity contribution is -0.125. The topological polar surface area (TPSA) is 54.0 Å². The van der Waals surface area contributed by atoms with Crippen LogP contribution in [0, 0.1) is 5.41 Å². The maximum atomic E-state index is 12.3. The van der Waals surface area contributed by atoms with Gasteiger partial charge in [-0.2, -0.15) is 0 Å². The number of rotatable bonds is 2. The Labute approximate surface area is 109 Å². The first-order valence-electron chi connectivity index (χ1n) is 5.82. The van der Waals surface area contributed by atoms with E-state index in [0.717, 1.165) is 28.8 Å². The number of hydrogen-bond donors (Lipinski definition) is 2. The minimum absolute atomic E-state index is 0.0775. The number of hydrogen-bond acceptors (Lipinski definition) is 3. The number of nitrogens with zero attached hydrogens (tertiary/aromatic N) is 1. The SMILES string of the molecule is CCC1(CC)CNc2ncc(Br)cc2NC1=O. The van der Waals surface area contributed by atoms with Crippen LogP contribution in [-0.2, 0) is 4.79 Å². The number of nitrogens with one attached hydrogen (secondary N) is 2. The quantitative estimate of drug-likeness (QED) is 0.882. The number of amides is 1. The predicted molar refractivity (Wildman–Crippen MR) is 72.1 cm³/mol. The van der Waals surface area contributed by atoms with E-state index >= 15 is 0 Å². The summed E-state index contributed by atoms with van der Waals surface area (Å²) >= 11 is 3.36. The van der Waals surface area contributed by atoms with E-state index in [2.05, 4.69) is 31.5 Å². The summed E-state index contributed by atoms with van der Waals surface area (Å²) in [7, 11) is 0. The third kappa shape index (κ3) is 2.16. The van der Waals surface area contributed by atoms with Crippen LogP contribution in [0.15, 0.2) is 16.7 Å². The summed E-state index contributed by atoms with van der Waals surface area (Å²) in [4.78, 5) is 16.6. The molecule has 0 aromatic carbocycles. The monoisotopic (exact) mass is 297 g/mol. The number of carbonyl (C=O) groups excluding carboxylic acids is 1. The number of fused-ring (bicyclic) bond motifs is 1. The standard InChI is InChI=1S/C12H16BrN3O/c1-3-12(4-2)7-15-10-9(16-11(12)17)5-8(13)6-14-10/h5-6H,3-4,7H2,1-2H3,(H,14,15)(H,16,17). The molecule has 5 heteroatoms. The van der Waals surface area contributed by atoms with Crippen LogP contribution in [0.3, 0.4) is 0 Å². The van der Waals surface area contributed by atoms with Crippen molar-refractivity contribution in [1.29, 1.82) is 0 Å². The van der Waals surface area contributed by atoms with Gasteiger partial charge in [-0.05, 0) is 34.8 Å². The maximum Gasteiger partial charge on any atom is 0.232 e. The van der Waals surface area contributed by atoms with E-state index in [1.54, 1.807) is 6.20 Å². The zero-order valence-corrected chi connectivity index (χ0v) is 11.6. The first-order valence-corrected chi connectivity index (χ1v) is 6.61. The molecule has 0 aliphatic carbocycles. The molecule has 17 heavy (non-hydrogen) atoms. The lowest BCUT2D eigenvalue weighted by Gasteiger charge is -2.27. The van der Waals surface area contributed by atoms with Gasteiger partial charge in [0.25, 0.3) is 0 Å². The van der Waals surface area contributed by atoms with E-state index < -0.39 is 0 Å². The van der Waals surface area contributed by atoms with E-state index in [1.807, 2.05) is 19.9 Å². The lowest BCUT2D eigenvalue weighted by atomic mass is 9.81. The molecule has 4 nitrogen and oxygen atoms in total. The van der Waals surface area contributed by atoms with Gasteiger partial charge in [0.2, 0.25) is 5.91 Å². The molecule has 2 N–H and O–H groups in total. The highest BCUT2D eigenvalue weighted by Gasteiger charge is 2.37. The molecule has 0 saturated heterocycles. The van der Waals surface area contributed by atoms with Gasteiger partial charge in [0.15, 0.2) is 0 Å². The van der Waals surface area contributed by atoms with Crippen molar-refractivity contribution in [3.63, 3.8) is 0 Å². The van der Waals surface area contributed by atoms with Crippen molar-refractivity contribution in [1.82, 2.24) is 4.98 Å². The zero-order valence-electron chi connectivity index (χ0n) is 10.0. The summed E-state index contributed by atoms with van der Waals surface area (Å²) in [6.07, 6.45) is 3.36. The van der Waals surface area contributed by atoms with E-state index in [0.29, 0.717) is 6.54 Å². The highest BCUT2D eigenvalue weighted by Crippen LogP contribution is 2.34. The highest BCUT2D eigenvalue weighted by molar-refractivity contribution is 9.10. The van der Waals surface area contributed by atoms with E-state index in [1.165, 1.54) is 0 Å². The average molecular weight is 298 g/mol. The second-order valence-corrected chi connectivity index (χ2v) is 5.26. The molecule has 1 aliphatic heterocycles. The maximum absolute atomic E-state index is 12.3. The fourth-order valence-corrected chi connectivity index (χ4v) is 2.42. The van der Waals surface area contributed by atoms with Crippen LogP contribution in [0.1, 0.15) is 26.7 Å². The Hall–Kier alpha value is -1.10. The summed E-state index contributed by atoms with van der Waals surface area (Å²) < 4.78 is 0.860. The Morgan fingerprint density at radius 1 is 1.47 bits per heavy atom. The van der Waals surface area contributed by atoms with Gasteiger partial charge in [-0.1, -0.05) is 13.8 Å². The molecule has 1 aliphatic rings. The van der Waals surface area contributed by atoms with Crippen LogP contribution in [-0.4, -0.2) is 17.4 Å². The third-order valence-corrected chi connectivity index (χ3v) is 3.97. The van der Waals surface area contributed by atoms with Crippen molar-refractivity contribution >= 4 is 33.3 Å². The van der Waals surface area contributed by atoms with Crippen molar-refractivity contribution in [3.05, 3.63) is 16.7 Å². The molecule has 1 aromatic heterocycles. The van der Waals surface area contributed by atoms with Crippen molar-refractivity contribution < 1.29 is 4.79 Å². The Balaban J connectivity index is 2.37. The molecule has 1 aromatic rings. The van der Waals surface area contributed by atoms with Crippen LogP contribution in [0.2, 0.25) is 0 Å². The van der Waals surface area contributed by atoms with Gasteiger partial charge in [0.05, 0.1) is 11.1 Å². The summed E-state index contributed by atoms with van der Waals surface area (Å²) in [5, 5.41) is 6.22. The van der Waals surface area contributed by atoms with E-state index in [4.69, 9.17) is 0 Å². The largest absolute Gasteiger partial charge is 0.367 e. The van der Waals surface area contributed by atoms with Gasteiger partial charge in [0.1, 0.15) is 5.82 Å². The second kappa shape index (κ2) is 4.64. The van der Waals surface area contributed by atoms with Crippen molar-refractivity contribution in [2.24, 2.45) is 5.41 Å². The fourth-order valence-electron chi connectivity index (χ4n) is 2.08. The van der Waals surface area contributed by atoms with E-state index in [-0.39, 0.29) is 11.3 Å². The average Bonchev–Trinajstić information content (AvgIpc) is 2.45. The summed E-state index contributed by atoms with van der Waals surface area (Å²) in [5.74, 6) is 0.818. The number of anilines is 2. The summed E-state index contributed by atoms with van der Waals surface area (Å²) in [6, 6.07) is 1.87. The minimum atomic E-state index is -0.340. The van der Waals surface area contributed by atoms with Crippen LogP contribution < -0.4 is 10.6 Å². The molecule has 0 spiro atoms. The molecule has 0 radical (unpaired) electrons. The van der Waals surface area contributed by atoms with E-state index in [9.17, 15) is 4.79 Å². The molecular formula is C12H16BrN3O. The Kier molecular flexibility index (Phi) is 3.38. The fraction of sp³-hybridized carbons (Fsp3) is 0.500. The van der Waals surface area contributed by atoms with Crippen molar-refractivity contribution in [2.45, 2.75) is 26.7 Å². The van der Waals surface area contributed by atoms with Gasteiger partial charge in [-0.3, -0.25) is 4.79 Å². The first-order chi connectivity index (χ1) is 8.11. The van der Waals surface area contributed by atoms with Crippen molar-refractivity contribution in [2.75, 3.05) is 17.2 Å². The molecule has 1 amide bonds. The molecule has 0 unspecified atom stereocenters. The molecule has 2 heterocycles. The van der Waals surface area contributed by atoms with Gasteiger partial charge < -0.3 is 10.6 Å². The number of halogens is 1. The summed E-state index contributed by atoms with van der Waals surface area (Å²) in [6.45, 7) is 4.72. The summed E-state index contributed by atoms with van der Waals surface area (Å²) in [5.41, 5.74) is 0.404. The molecule has 2 rings (SSSR count). The van der Waals surface area contributed by atoms with Crippen LogP contribution in [0.5, 0.6) is 0 Å². The molecule has 92 valence electrons. The predicted octanol–water partition coefficient (Wildman–Crippen LogP) is 3.01. The molecular weight excluding hydrogens is 282 g/mol. The second-order valence-electron chi connectivity index (χ2n) is 4.34. The minimum Gasteiger partial charge on any atom is -0.367 e. The van der Waals surface area contributed by atoms with Crippen LogP contribution in [0.25, 0.3) is 0 Å². The molecule has 0 saturated carbocycles. The number of carbonyl (C=O) groups is 1. The molecule has 0 atom stereocenters. The van der Waals surface area contributed by atoms with Gasteiger partial charge in [-0.25, -0.2) is 4.98 Å². The number of aromatic nitrogens is 1. The Bertz CT molecular complexity index is 443. The highest BCUT2D eigenvalue weighted by atomic mass is 79.9. The van der Waals surface area contributed by atoms with Gasteiger partial charge in [-0.15, -0.1) is 0 Å². The smallest absolute Gasteiger partial charge is 0.232 e.